The molecule has 4 atom stereocenters. The SMILES string of the molecule is CC(C)(C)C[C@H]1N[C@@H](C(=O)NCCN2CCOCC2)[C@H](c2cccc(Br)c2)[C@@]12C(=O)Nc1cc(Cl)ccc12. The maximum Gasteiger partial charge on any atom is 0.237 e. The Labute approximate surface area is 238 Å². The van der Waals surface area contributed by atoms with E-state index >= 15 is 0 Å². The van der Waals surface area contributed by atoms with Crippen LogP contribution in [0.1, 0.15) is 44.2 Å². The van der Waals surface area contributed by atoms with Gasteiger partial charge >= 0.3 is 0 Å². The molecule has 0 bridgehead atoms. The number of rotatable bonds is 6. The molecule has 3 aliphatic rings. The summed E-state index contributed by atoms with van der Waals surface area (Å²) in [6, 6.07) is 12.7. The van der Waals surface area contributed by atoms with Crippen molar-refractivity contribution in [2.24, 2.45) is 5.41 Å². The lowest BCUT2D eigenvalue weighted by Crippen LogP contribution is -2.49. The van der Waals surface area contributed by atoms with Crippen LogP contribution in [0.2, 0.25) is 5.02 Å². The number of fused-ring (bicyclic) bond motifs is 2. The largest absolute Gasteiger partial charge is 0.379 e. The second kappa shape index (κ2) is 10.9. The van der Waals surface area contributed by atoms with Gasteiger partial charge < -0.3 is 20.7 Å². The minimum atomic E-state index is -0.972. The minimum Gasteiger partial charge on any atom is -0.379 e. The van der Waals surface area contributed by atoms with Crippen LogP contribution in [-0.2, 0) is 19.7 Å². The Kier molecular flexibility index (Phi) is 7.91. The highest BCUT2D eigenvalue weighted by Gasteiger charge is 2.65. The van der Waals surface area contributed by atoms with Gasteiger partial charge in [0.15, 0.2) is 0 Å². The lowest BCUT2D eigenvalue weighted by Gasteiger charge is -2.37. The van der Waals surface area contributed by atoms with Gasteiger partial charge in [-0.05, 0) is 47.2 Å². The number of nitrogens with one attached hydrogen (secondary N) is 3. The van der Waals surface area contributed by atoms with Crippen LogP contribution >= 0.6 is 27.5 Å². The zero-order valence-electron chi connectivity index (χ0n) is 22.2. The number of hydrogen-bond acceptors (Lipinski definition) is 5. The molecule has 1 spiro atoms. The van der Waals surface area contributed by atoms with Crippen molar-refractivity contribution in [2.75, 3.05) is 44.7 Å². The van der Waals surface area contributed by atoms with Crippen molar-refractivity contribution in [3.05, 3.63) is 63.1 Å². The summed E-state index contributed by atoms with van der Waals surface area (Å²) in [5.41, 5.74) is 1.50. The molecule has 2 aromatic carbocycles. The Morgan fingerprint density at radius 1 is 1.21 bits per heavy atom. The summed E-state index contributed by atoms with van der Waals surface area (Å²) in [5, 5.41) is 10.5. The molecule has 0 unspecified atom stereocenters. The summed E-state index contributed by atoms with van der Waals surface area (Å²) in [7, 11) is 0. The normalized spacial score (nSPS) is 27.4. The predicted molar refractivity (Wildman–Crippen MR) is 154 cm³/mol. The van der Waals surface area contributed by atoms with E-state index in [2.05, 4.69) is 57.6 Å². The fraction of sp³-hybridized carbons (Fsp3) is 0.517. The Bertz CT molecular complexity index is 1210. The number of morpholine rings is 1. The number of amides is 2. The minimum absolute atomic E-state index is 0.0797. The maximum atomic E-state index is 14.2. The van der Waals surface area contributed by atoms with Crippen LogP contribution in [0.4, 0.5) is 5.69 Å². The van der Waals surface area contributed by atoms with Crippen molar-refractivity contribution in [3.8, 4) is 0 Å². The summed E-state index contributed by atoms with van der Waals surface area (Å²) in [4.78, 5) is 30.4. The topological polar surface area (TPSA) is 82.7 Å². The molecule has 3 N–H and O–H groups in total. The Morgan fingerprint density at radius 3 is 2.68 bits per heavy atom. The number of hydrogen-bond donors (Lipinski definition) is 3. The average Bonchev–Trinajstić information content (AvgIpc) is 3.33. The third kappa shape index (κ3) is 5.26. The highest BCUT2D eigenvalue weighted by atomic mass is 79.9. The zero-order valence-corrected chi connectivity index (χ0v) is 24.5. The predicted octanol–water partition coefficient (Wildman–Crippen LogP) is 4.30. The molecule has 9 heteroatoms. The van der Waals surface area contributed by atoms with Crippen LogP contribution in [0.25, 0.3) is 0 Å². The van der Waals surface area contributed by atoms with Crippen LogP contribution in [0, 0.1) is 5.41 Å². The molecule has 7 nitrogen and oxygen atoms in total. The van der Waals surface area contributed by atoms with Crippen molar-refractivity contribution in [1.82, 2.24) is 15.5 Å². The Hall–Kier alpha value is -1.97. The van der Waals surface area contributed by atoms with E-state index in [1.54, 1.807) is 0 Å². The lowest BCUT2D eigenvalue weighted by atomic mass is 9.62. The Balaban J connectivity index is 1.55. The number of benzene rings is 2. The van der Waals surface area contributed by atoms with Crippen LogP contribution in [0.3, 0.4) is 0 Å². The Morgan fingerprint density at radius 2 is 1.97 bits per heavy atom. The first-order valence-corrected chi connectivity index (χ1v) is 14.5. The lowest BCUT2D eigenvalue weighted by molar-refractivity contribution is -0.124. The summed E-state index contributed by atoms with van der Waals surface area (Å²) >= 11 is 9.95. The van der Waals surface area contributed by atoms with Gasteiger partial charge in [0, 0.05) is 53.3 Å². The first kappa shape index (κ1) is 27.6. The van der Waals surface area contributed by atoms with Crippen molar-refractivity contribution in [1.29, 1.82) is 0 Å². The molecular weight excluding hydrogens is 568 g/mol. The van der Waals surface area contributed by atoms with E-state index in [1.165, 1.54) is 0 Å². The monoisotopic (exact) mass is 602 g/mol. The van der Waals surface area contributed by atoms with Gasteiger partial charge in [-0.2, -0.15) is 0 Å². The summed E-state index contributed by atoms with van der Waals surface area (Å²) in [5.74, 6) is -0.600. The number of ether oxygens (including phenoxy) is 1. The molecule has 5 rings (SSSR count). The summed E-state index contributed by atoms with van der Waals surface area (Å²) in [6.07, 6.45) is 0.713. The second-order valence-corrected chi connectivity index (χ2v) is 13.1. The fourth-order valence-electron chi connectivity index (χ4n) is 6.39. The third-order valence-corrected chi connectivity index (χ3v) is 8.67. The van der Waals surface area contributed by atoms with E-state index in [9.17, 15) is 9.59 Å². The van der Waals surface area contributed by atoms with Crippen LogP contribution < -0.4 is 16.0 Å². The maximum absolute atomic E-state index is 14.2. The van der Waals surface area contributed by atoms with Gasteiger partial charge in [-0.25, -0.2) is 0 Å². The van der Waals surface area contributed by atoms with Crippen molar-refractivity contribution in [2.45, 2.75) is 50.6 Å². The first-order chi connectivity index (χ1) is 18.1. The number of anilines is 1. The quantitative estimate of drug-likeness (QED) is 0.459. The molecule has 3 heterocycles. The number of halogens is 2. The molecule has 0 aliphatic carbocycles. The van der Waals surface area contributed by atoms with Gasteiger partial charge in [0.05, 0.1) is 19.3 Å². The van der Waals surface area contributed by atoms with Gasteiger partial charge in [-0.15, -0.1) is 0 Å². The van der Waals surface area contributed by atoms with E-state index in [0.29, 0.717) is 18.0 Å². The highest BCUT2D eigenvalue weighted by Crippen LogP contribution is 2.56. The van der Waals surface area contributed by atoms with E-state index in [-0.39, 0.29) is 23.3 Å². The molecule has 2 aromatic rings. The molecule has 0 saturated carbocycles. The summed E-state index contributed by atoms with van der Waals surface area (Å²) in [6.45, 7) is 11.0. The third-order valence-electron chi connectivity index (χ3n) is 7.94. The molecule has 2 amide bonds. The fourth-order valence-corrected chi connectivity index (χ4v) is 6.98. The van der Waals surface area contributed by atoms with Crippen molar-refractivity contribution >= 4 is 45.0 Å². The molecule has 2 fully saturated rings. The smallest absolute Gasteiger partial charge is 0.237 e. The van der Waals surface area contributed by atoms with Crippen LogP contribution in [-0.4, -0.2) is 68.2 Å². The molecule has 0 radical (unpaired) electrons. The summed E-state index contributed by atoms with van der Waals surface area (Å²) < 4.78 is 6.35. The van der Waals surface area contributed by atoms with Gasteiger partial charge in [0.2, 0.25) is 11.8 Å². The zero-order chi connectivity index (χ0) is 27.1. The average molecular weight is 604 g/mol. The second-order valence-electron chi connectivity index (χ2n) is 11.8. The molecule has 3 aliphatic heterocycles. The van der Waals surface area contributed by atoms with E-state index in [1.807, 2.05) is 42.5 Å². The first-order valence-electron chi connectivity index (χ1n) is 13.3. The van der Waals surface area contributed by atoms with E-state index < -0.39 is 17.4 Å². The van der Waals surface area contributed by atoms with Gasteiger partial charge in [0.25, 0.3) is 0 Å². The van der Waals surface area contributed by atoms with Crippen molar-refractivity contribution < 1.29 is 14.3 Å². The van der Waals surface area contributed by atoms with Crippen LogP contribution in [0.15, 0.2) is 46.9 Å². The molecule has 0 aromatic heterocycles. The van der Waals surface area contributed by atoms with Crippen molar-refractivity contribution in [3.63, 3.8) is 0 Å². The number of carbonyl (C=O) groups excluding carboxylic acids is 2. The number of nitrogens with zero attached hydrogens (tertiary/aromatic N) is 1. The molecular formula is C29H36BrClN4O3. The van der Waals surface area contributed by atoms with Gasteiger partial charge in [-0.3, -0.25) is 14.5 Å². The van der Waals surface area contributed by atoms with Crippen LogP contribution in [0.5, 0.6) is 0 Å². The standard InChI is InChI=1S/C29H36BrClN4O3/c1-28(2,3)17-23-29(21-8-7-20(31)16-22(21)33-27(29)37)24(18-5-4-6-19(30)15-18)25(34-23)26(36)32-9-10-35-11-13-38-14-12-35/h4-8,15-16,23-25,34H,9-14,17H2,1-3H3,(H,32,36)(H,33,37)/t23-,24+,25-,29+/m1/s1. The molecule has 204 valence electrons. The molecule has 38 heavy (non-hydrogen) atoms. The van der Waals surface area contributed by atoms with Gasteiger partial charge in [0.1, 0.15) is 5.41 Å². The molecule has 2 saturated heterocycles. The number of carbonyl (C=O) groups is 2. The van der Waals surface area contributed by atoms with E-state index in [4.69, 9.17) is 16.3 Å². The van der Waals surface area contributed by atoms with Gasteiger partial charge in [-0.1, -0.05) is 66.5 Å². The highest BCUT2D eigenvalue weighted by molar-refractivity contribution is 9.10. The van der Waals surface area contributed by atoms with E-state index in [0.717, 1.165) is 54.1 Å².